The standard InChI is InChI=1S/C15H19N5O/c1-10-6-2-5-9-12(10)20-14(16)13(18-19-20)15(21)17-11-7-3-4-8-11/h2,5-6,9,11H,3-4,7-8,16H2,1H3,(H,17,21). The summed E-state index contributed by atoms with van der Waals surface area (Å²) < 4.78 is 1.51. The van der Waals surface area contributed by atoms with Gasteiger partial charge in [-0.15, -0.1) is 5.10 Å². The molecule has 1 amide bonds. The first-order chi connectivity index (χ1) is 10.2. The first-order valence-electron chi connectivity index (χ1n) is 7.25. The number of rotatable bonds is 3. The summed E-state index contributed by atoms with van der Waals surface area (Å²) in [5.41, 5.74) is 8.12. The summed E-state index contributed by atoms with van der Waals surface area (Å²) in [6, 6.07) is 7.95. The van der Waals surface area contributed by atoms with E-state index in [4.69, 9.17) is 5.73 Å². The lowest BCUT2D eigenvalue weighted by molar-refractivity contribution is 0.0933. The Morgan fingerprint density at radius 3 is 2.76 bits per heavy atom. The van der Waals surface area contributed by atoms with E-state index in [9.17, 15) is 4.79 Å². The molecule has 1 aliphatic rings. The highest BCUT2D eigenvalue weighted by Gasteiger charge is 2.23. The van der Waals surface area contributed by atoms with Crippen molar-refractivity contribution in [1.29, 1.82) is 0 Å². The van der Waals surface area contributed by atoms with Crippen molar-refractivity contribution in [3.8, 4) is 5.69 Å². The van der Waals surface area contributed by atoms with Crippen LogP contribution in [-0.2, 0) is 0 Å². The molecule has 1 fully saturated rings. The molecule has 1 aromatic carbocycles. The second-order valence-electron chi connectivity index (χ2n) is 5.48. The molecule has 0 atom stereocenters. The minimum atomic E-state index is -0.237. The number of aromatic nitrogens is 3. The molecular weight excluding hydrogens is 266 g/mol. The molecule has 0 aliphatic heterocycles. The number of para-hydroxylation sites is 1. The summed E-state index contributed by atoms with van der Waals surface area (Å²) in [6.45, 7) is 1.97. The van der Waals surface area contributed by atoms with Crippen molar-refractivity contribution >= 4 is 11.7 Å². The van der Waals surface area contributed by atoms with Crippen LogP contribution in [-0.4, -0.2) is 26.9 Å². The molecular formula is C15H19N5O. The highest BCUT2D eigenvalue weighted by atomic mass is 16.2. The highest BCUT2D eigenvalue weighted by Crippen LogP contribution is 2.20. The van der Waals surface area contributed by atoms with Crippen LogP contribution in [0.5, 0.6) is 0 Å². The van der Waals surface area contributed by atoms with Crippen LogP contribution in [0.15, 0.2) is 24.3 Å². The Bertz CT molecular complexity index is 658. The number of carbonyl (C=O) groups excluding carboxylic acids is 1. The van der Waals surface area contributed by atoms with Gasteiger partial charge < -0.3 is 11.1 Å². The second kappa shape index (κ2) is 5.55. The topological polar surface area (TPSA) is 85.8 Å². The number of nitrogen functional groups attached to an aromatic ring is 1. The average molecular weight is 285 g/mol. The van der Waals surface area contributed by atoms with Gasteiger partial charge in [-0.3, -0.25) is 4.79 Å². The first-order valence-corrected chi connectivity index (χ1v) is 7.25. The van der Waals surface area contributed by atoms with Crippen LogP contribution in [0.25, 0.3) is 5.69 Å². The van der Waals surface area contributed by atoms with Crippen LogP contribution in [0.1, 0.15) is 41.7 Å². The number of benzene rings is 1. The largest absolute Gasteiger partial charge is 0.382 e. The van der Waals surface area contributed by atoms with Crippen molar-refractivity contribution < 1.29 is 4.79 Å². The zero-order chi connectivity index (χ0) is 14.8. The Hall–Kier alpha value is -2.37. The molecule has 0 bridgehead atoms. The number of nitrogens with one attached hydrogen (secondary N) is 1. The van der Waals surface area contributed by atoms with Crippen molar-refractivity contribution in [3.63, 3.8) is 0 Å². The predicted molar refractivity (Wildman–Crippen MR) is 80.2 cm³/mol. The Morgan fingerprint density at radius 2 is 2.05 bits per heavy atom. The summed E-state index contributed by atoms with van der Waals surface area (Å²) >= 11 is 0. The lowest BCUT2D eigenvalue weighted by atomic mass is 10.2. The number of hydrogen-bond donors (Lipinski definition) is 2. The molecule has 6 nitrogen and oxygen atoms in total. The Morgan fingerprint density at radius 1 is 1.33 bits per heavy atom. The summed E-state index contributed by atoms with van der Waals surface area (Å²) in [6.07, 6.45) is 4.38. The van der Waals surface area contributed by atoms with Gasteiger partial charge in [-0.1, -0.05) is 36.3 Å². The fourth-order valence-corrected chi connectivity index (χ4v) is 2.75. The van der Waals surface area contributed by atoms with Crippen molar-refractivity contribution in [2.24, 2.45) is 0 Å². The van der Waals surface area contributed by atoms with Crippen LogP contribution in [0, 0.1) is 6.92 Å². The molecule has 1 aliphatic carbocycles. The van der Waals surface area contributed by atoms with E-state index >= 15 is 0 Å². The molecule has 1 heterocycles. The summed E-state index contributed by atoms with van der Waals surface area (Å²) in [4.78, 5) is 12.2. The van der Waals surface area contributed by atoms with E-state index < -0.39 is 0 Å². The van der Waals surface area contributed by atoms with E-state index in [1.807, 2.05) is 31.2 Å². The molecule has 0 spiro atoms. The number of amides is 1. The molecule has 2 aromatic rings. The monoisotopic (exact) mass is 285 g/mol. The Kier molecular flexibility index (Phi) is 3.60. The van der Waals surface area contributed by atoms with Gasteiger partial charge >= 0.3 is 0 Å². The molecule has 1 aromatic heterocycles. The van der Waals surface area contributed by atoms with Crippen LogP contribution < -0.4 is 11.1 Å². The minimum absolute atomic E-state index is 0.199. The van der Waals surface area contributed by atoms with E-state index in [0.717, 1.165) is 36.9 Å². The minimum Gasteiger partial charge on any atom is -0.382 e. The average Bonchev–Trinajstić information content (AvgIpc) is 3.09. The molecule has 21 heavy (non-hydrogen) atoms. The quantitative estimate of drug-likeness (QED) is 0.901. The lowest BCUT2D eigenvalue weighted by Gasteiger charge is -2.10. The maximum absolute atomic E-state index is 12.2. The third kappa shape index (κ3) is 2.61. The molecule has 3 rings (SSSR count). The molecule has 110 valence electrons. The van der Waals surface area contributed by atoms with E-state index in [1.165, 1.54) is 4.68 Å². The Labute approximate surface area is 123 Å². The van der Waals surface area contributed by atoms with Crippen LogP contribution in [0.3, 0.4) is 0 Å². The van der Waals surface area contributed by atoms with Crippen LogP contribution in [0.4, 0.5) is 5.82 Å². The molecule has 1 saturated carbocycles. The summed E-state index contributed by atoms with van der Waals surface area (Å²) in [5, 5.41) is 11.0. The maximum atomic E-state index is 12.2. The van der Waals surface area contributed by atoms with Crippen LogP contribution in [0.2, 0.25) is 0 Å². The zero-order valence-corrected chi connectivity index (χ0v) is 12.0. The second-order valence-corrected chi connectivity index (χ2v) is 5.48. The van der Waals surface area contributed by atoms with Gasteiger partial charge in [0.1, 0.15) is 0 Å². The van der Waals surface area contributed by atoms with Crippen molar-refractivity contribution in [1.82, 2.24) is 20.3 Å². The van der Waals surface area contributed by atoms with Gasteiger partial charge in [0, 0.05) is 6.04 Å². The van der Waals surface area contributed by atoms with Gasteiger partial charge in [-0.2, -0.15) is 4.68 Å². The number of carbonyl (C=O) groups is 1. The van der Waals surface area contributed by atoms with Crippen LogP contribution >= 0.6 is 0 Å². The zero-order valence-electron chi connectivity index (χ0n) is 12.0. The summed E-state index contributed by atoms with van der Waals surface area (Å²) in [5.74, 6) is 0.0408. The van der Waals surface area contributed by atoms with Crippen molar-refractivity contribution in [2.75, 3.05) is 5.73 Å². The lowest BCUT2D eigenvalue weighted by Crippen LogP contribution is -2.33. The number of nitrogens with two attached hydrogens (primary N) is 1. The molecule has 3 N–H and O–H groups in total. The Balaban J connectivity index is 1.85. The number of nitrogens with zero attached hydrogens (tertiary/aromatic N) is 3. The predicted octanol–water partition coefficient (Wildman–Crippen LogP) is 1.83. The molecule has 6 heteroatoms. The fraction of sp³-hybridized carbons (Fsp3) is 0.400. The normalized spacial score (nSPS) is 15.3. The van der Waals surface area contributed by atoms with E-state index in [-0.39, 0.29) is 23.5 Å². The van der Waals surface area contributed by atoms with E-state index in [1.54, 1.807) is 0 Å². The van der Waals surface area contributed by atoms with Crippen molar-refractivity contribution in [2.45, 2.75) is 38.6 Å². The van der Waals surface area contributed by atoms with Gasteiger partial charge in [0.25, 0.3) is 5.91 Å². The van der Waals surface area contributed by atoms with E-state index in [0.29, 0.717) is 0 Å². The fourth-order valence-electron chi connectivity index (χ4n) is 2.75. The smallest absolute Gasteiger partial charge is 0.275 e. The number of aryl methyl sites for hydroxylation is 1. The molecule has 0 unspecified atom stereocenters. The van der Waals surface area contributed by atoms with Crippen molar-refractivity contribution in [3.05, 3.63) is 35.5 Å². The third-order valence-electron chi connectivity index (χ3n) is 3.95. The van der Waals surface area contributed by atoms with Gasteiger partial charge in [0.2, 0.25) is 0 Å². The molecule has 0 saturated heterocycles. The highest BCUT2D eigenvalue weighted by molar-refractivity contribution is 5.96. The number of anilines is 1. The first kappa shape index (κ1) is 13.6. The van der Waals surface area contributed by atoms with Gasteiger partial charge in [-0.25, -0.2) is 0 Å². The summed E-state index contributed by atoms with van der Waals surface area (Å²) in [7, 11) is 0. The SMILES string of the molecule is Cc1ccccc1-n1nnc(C(=O)NC2CCCC2)c1N. The van der Waals surface area contributed by atoms with Gasteiger partial charge in [-0.05, 0) is 31.4 Å². The maximum Gasteiger partial charge on any atom is 0.275 e. The third-order valence-corrected chi connectivity index (χ3v) is 3.95. The molecule has 0 radical (unpaired) electrons. The number of hydrogen-bond acceptors (Lipinski definition) is 4. The van der Waals surface area contributed by atoms with Gasteiger partial charge in [0.15, 0.2) is 11.5 Å². The van der Waals surface area contributed by atoms with Gasteiger partial charge in [0.05, 0.1) is 5.69 Å². The van der Waals surface area contributed by atoms with E-state index in [2.05, 4.69) is 15.6 Å².